The molecule has 0 spiro atoms. The molecule has 0 saturated heterocycles. The molecule has 0 atom stereocenters. The topological polar surface area (TPSA) is 25.8 Å². The van der Waals surface area contributed by atoms with Gasteiger partial charge in [0.2, 0.25) is 0 Å². The van der Waals surface area contributed by atoms with Crippen LogP contribution in [0.5, 0.6) is 0 Å². The molecule has 1 aliphatic rings. The number of nitrogens with zero attached hydrogens (tertiary/aromatic N) is 2. The van der Waals surface area contributed by atoms with Crippen LogP contribution in [0.15, 0.2) is 182 Å². The number of aromatic nitrogens is 2. The number of hydrogen-bond acceptors (Lipinski definition) is 2. The van der Waals surface area contributed by atoms with E-state index in [0.717, 1.165) is 33.5 Å². The van der Waals surface area contributed by atoms with Gasteiger partial charge < -0.3 is 0 Å². The predicted octanol–water partition coefficient (Wildman–Crippen LogP) is 14.1. The molecule has 55 heavy (non-hydrogen) atoms. The van der Waals surface area contributed by atoms with Crippen LogP contribution in [-0.4, -0.2) is 9.97 Å². The maximum Gasteiger partial charge on any atom is 0.161 e. The van der Waals surface area contributed by atoms with Crippen LogP contribution in [0.2, 0.25) is 0 Å². The molecule has 9 aromatic carbocycles. The van der Waals surface area contributed by atoms with Crippen LogP contribution in [-0.2, 0) is 5.41 Å². The molecule has 1 heterocycles. The Labute approximate surface area is 320 Å². The molecular weight excluding hydrogens is 665 g/mol. The first-order chi connectivity index (χ1) is 27.0. The molecule has 0 saturated carbocycles. The van der Waals surface area contributed by atoms with Gasteiger partial charge in [-0.15, -0.1) is 0 Å². The van der Waals surface area contributed by atoms with E-state index < -0.39 is 0 Å². The van der Waals surface area contributed by atoms with Crippen LogP contribution < -0.4 is 0 Å². The third-order valence-electron chi connectivity index (χ3n) is 11.9. The minimum Gasteiger partial charge on any atom is -0.228 e. The Balaban J connectivity index is 1.12. The Morgan fingerprint density at radius 3 is 1.71 bits per heavy atom. The van der Waals surface area contributed by atoms with Gasteiger partial charge in [0.15, 0.2) is 5.82 Å². The van der Waals surface area contributed by atoms with E-state index in [-0.39, 0.29) is 5.41 Å². The fourth-order valence-corrected chi connectivity index (χ4v) is 9.17. The Bertz CT molecular complexity index is 3170. The average molecular weight is 701 g/mol. The molecule has 0 aliphatic heterocycles. The highest BCUT2D eigenvalue weighted by molar-refractivity contribution is 6.14. The van der Waals surface area contributed by atoms with Gasteiger partial charge in [0.05, 0.1) is 11.4 Å². The molecule has 11 rings (SSSR count). The van der Waals surface area contributed by atoms with Gasteiger partial charge in [0, 0.05) is 22.1 Å². The van der Waals surface area contributed by atoms with E-state index in [1.807, 2.05) is 0 Å². The fourth-order valence-electron chi connectivity index (χ4n) is 9.17. The minimum atomic E-state index is -0.0751. The maximum atomic E-state index is 5.41. The van der Waals surface area contributed by atoms with Crippen molar-refractivity contribution < 1.29 is 0 Å². The summed E-state index contributed by atoms with van der Waals surface area (Å²) in [6.45, 7) is 4.71. The zero-order valence-electron chi connectivity index (χ0n) is 30.7. The van der Waals surface area contributed by atoms with E-state index in [4.69, 9.17) is 9.97 Å². The first kappa shape index (κ1) is 31.6. The third kappa shape index (κ3) is 4.88. The third-order valence-corrected chi connectivity index (χ3v) is 11.9. The Kier molecular flexibility index (Phi) is 6.93. The smallest absolute Gasteiger partial charge is 0.161 e. The van der Waals surface area contributed by atoms with Crippen molar-refractivity contribution in [3.8, 4) is 56.2 Å². The zero-order valence-corrected chi connectivity index (χ0v) is 30.7. The first-order valence-corrected chi connectivity index (χ1v) is 19.1. The Morgan fingerprint density at radius 2 is 0.927 bits per heavy atom. The van der Waals surface area contributed by atoms with Crippen molar-refractivity contribution in [2.24, 2.45) is 0 Å². The van der Waals surface area contributed by atoms with Gasteiger partial charge in [-0.25, -0.2) is 9.97 Å². The SMILES string of the molecule is CC1(C)c2ccc(-c3ccc(-c4nc(-c5ccccc5)cc(-c5cc6ccccc6c6ccccc56)n4)c4ccccc34)cc2-c2c1ccc1ccccc21. The lowest BCUT2D eigenvalue weighted by atomic mass is 9.81. The number of rotatable bonds is 4. The molecule has 0 unspecified atom stereocenters. The summed E-state index contributed by atoms with van der Waals surface area (Å²) in [5.41, 5.74) is 12.8. The molecule has 0 amide bonds. The van der Waals surface area contributed by atoms with E-state index in [1.165, 1.54) is 71.1 Å². The minimum absolute atomic E-state index is 0.0751. The molecule has 1 aliphatic carbocycles. The van der Waals surface area contributed by atoms with Crippen molar-refractivity contribution >= 4 is 43.1 Å². The van der Waals surface area contributed by atoms with Gasteiger partial charge in [0.1, 0.15) is 0 Å². The Morgan fingerprint density at radius 1 is 0.345 bits per heavy atom. The average Bonchev–Trinajstić information content (AvgIpc) is 3.48. The molecule has 0 radical (unpaired) electrons. The van der Waals surface area contributed by atoms with E-state index in [9.17, 15) is 0 Å². The van der Waals surface area contributed by atoms with Gasteiger partial charge in [-0.1, -0.05) is 172 Å². The van der Waals surface area contributed by atoms with Crippen molar-refractivity contribution in [1.29, 1.82) is 0 Å². The van der Waals surface area contributed by atoms with Gasteiger partial charge >= 0.3 is 0 Å². The second kappa shape index (κ2) is 12.1. The fraction of sp³-hybridized carbons (Fsp3) is 0.0566. The van der Waals surface area contributed by atoms with Crippen molar-refractivity contribution in [2.75, 3.05) is 0 Å². The van der Waals surface area contributed by atoms with Gasteiger partial charge in [-0.05, 0) is 101 Å². The summed E-state index contributed by atoms with van der Waals surface area (Å²) in [5.74, 6) is 0.715. The lowest BCUT2D eigenvalue weighted by Gasteiger charge is -2.21. The van der Waals surface area contributed by atoms with Gasteiger partial charge in [-0.2, -0.15) is 0 Å². The summed E-state index contributed by atoms with van der Waals surface area (Å²) < 4.78 is 0. The van der Waals surface area contributed by atoms with Crippen molar-refractivity contribution in [3.05, 3.63) is 193 Å². The van der Waals surface area contributed by atoms with Crippen LogP contribution >= 0.6 is 0 Å². The summed E-state index contributed by atoms with van der Waals surface area (Å²) in [7, 11) is 0. The lowest BCUT2D eigenvalue weighted by Crippen LogP contribution is -2.14. The van der Waals surface area contributed by atoms with Crippen LogP contribution in [0.4, 0.5) is 0 Å². The molecular formula is C53H36N2. The summed E-state index contributed by atoms with van der Waals surface area (Å²) in [6.07, 6.45) is 0. The summed E-state index contributed by atoms with van der Waals surface area (Å²) in [5, 5.41) is 9.74. The van der Waals surface area contributed by atoms with Crippen molar-refractivity contribution in [1.82, 2.24) is 9.97 Å². The molecule has 258 valence electrons. The van der Waals surface area contributed by atoms with Gasteiger partial charge in [0.25, 0.3) is 0 Å². The molecule has 0 bridgehead atoms. The van der Waals surface area contributed by atoms with E-state index >= 15 is 0 Å². The zero-order chi connectivity index (χ0) is 36.7. The maximum absolute atomic E-state index is 5.41. The van der Waals surface area contributed by atoms with Crippen molar-refractivity contribution in [2.45, 2.75) is 19.3 Å². The van der Waals surface area contributed by atoms with E-state index in [0.29, 0.717) is 5.82 Å². The largest absolute Gasteiger partial charge is 0.228 e. The summed E-state index contributed by atoms with van der Waals surface area (Å²) in [6, 6.07) is 65.9. The standard InChI is InChI=1S/C53H36N2/c1-53(2)47-28-25-36(31-46(47)51-39-19-9-6-14-33(39)24-29-48(51)53)38-26-27-44(42-22-12-10-21-41(38)42)52-54-49(34-15-4-3-5-16-34)32-50(55-52)45-30-35-17-7-8-18-37(35)40-20-11-13-23-43(40)45/h3-32H,1-2H3. The first-order valence-electron chi connectivity index (χ1n) is 19.1. The van der Waals surface area contributed by atoms with Crippen LogP contribution in [0.25, 0.3) is 99.2 Å². The van der Waals surface area contributed by atoms with E-state index in [1.54, 1.807) is 0 Å². The second-order valence-electron chi connectivity index (χ2n) is 15.3. The Hall–Kier alpha value is -6.90. The lowest BCUT2D eigenvalue weighted by molar-refractivity contribution is 0.661. The second-order valence-corrected chi connectivity index (χ2v) is 15.3. The highest BCUT2D eigenvalue weighted by atomic mass is 14.9. The van der Waals surface area contributed by atoms with Crippen molar-refractivity contribution in [3.63, 3.8) is 0 Å². The number of fused-ring (bicyclic) bond motifs is 9. The molecule has 2 heteroatoms. The molecule has 1 aromatic heterocycles. The summed E-state index contributed by atoms with van der Waals surface area (Å²) >= 11 is 0. The van der Waals surface area contributed by atoms with Crippen LogP contribution in [0.1, 0.15) is 25.0 Å². The molecule has 0 fully saturated rings. The molecule has 2 nitrogen and oxygen atoms in total. The van der Waals surface area contributed by atoms with Crippen LogP contribution in [0.3, 0.4) is 0 Å². The normalized spacial score (nSPS) is 13.1. The van der Waals surface area contributed by atoms with E-state index in [2.05, 4.69) is 196 Å². The van der Waals surface area contributed by atoms with Crippen LogP contribution in [0, 0.1) is 0 Å². The quantitative estimate of drug-likeness (QED) is 0.171. The molecule has 0 N–H and O–H groups in total. The van der Waals surface area contributed by atoms with Gasteiger partial charge in [-0.3, -0.25) is 0 Å². The number of benzene rings is 9. The monoisotopic (exact) mass is 700 g/mol. The summed E-state index contributed by atoms with van der Waals surface area (Å²) in [4.78, 5) is 10.7. The predicted molar refractivity (Wildman–Crippen MR) is 231 cm³/mol. The highest BCUT2D eigenvalue weighted by Crippen LogP contribution is 2.52. The molecule has 10 aromatic rings. The highest BCUT2D eigenvalue weighted by Gasteiger charge is 2.36. The number of hydrogen-bond donors (Lipinski definition) is 0.